The van der Waals surface area contributed by atoms with E-state index in [1.54, 1.807) is 4.90 Å². The van der Waals surface area contributed by atoms with Crippen molar-refractivity contribution < 1.29 is 9.53 Å². The Balaban J connectivity index is 2.19. The molecule has 0 unspecified atom stereocenters. The topological polar surface area (TPSA) is 45.7 Å². The minimum absolute atomic E-state index is 0.322. The summed E-state index contributed by atoms with van der Waals surface area (Å²) < 4.78 is 5.59. The SMILES string of the molecule is CCCCN(C(=O)OC(C)(C)C)c1ccc([C@H]2CCCCN2C(C)C)cn1. The van der Waals surface area contributed by atoms with Gasteiger partial charge in [0.15, 0.2) is 0 Å². The van der Waals surface area contributed by atoms with Gasteiger partial charge in [-0.15, -0.1) is 0 Å². The van der Waals surface area contributed by atoms with Crippen molar-refractivity contribution in [2.75, 3.05) is 18.0 Å². The summed E-state index contributed by atoms with van der Waals surface area (Å²) in [6, 6.07) is 5.06. The quantitative estimate of drug-likeness (QED) is 0.653. The van der Waals surface area contributed by atoms with E-state index >= 15 is 0 Å². The number of hydrogen-bond acceptors (Lipinski definition) is 4. The number of pyridine rings is 1. The largest absolute Gasteiger partial charge is 0.443 e. The number of ether oxygens (including phenoxy) is 1. The molecule has 152 valence electrons. The molecule has 1 aliphatic rings. The van der Waals surface area contributed by atoms with Crippen LogP contribution in [0.1, 0.15) is 85.3 Å². The lowest BCUT2D eigenvalue weighted by Gasteiger charge is -2.38. The number of aromatic nitrogens is 1. The van der Waals surface area contributed by atoms with Crippen molar-refractivity contribution in [1.29, 1.82) is 0 Å². The molecule has 0 spiro atoms. The fourth-order valence-corrected chi connectivity index (χ4v) is 3.62. The number of nitrogens with zero attached hydrogens (tertiary/aromatic N) is 3. The van der Waals surface area contributed by atoms with Gasteiger partial charge in [0.2, 0.25) is 0 Å². The molecular formula is C22H37N3O2. The van der Waals surface area contributed by atoms with Gasteiger partial charge in [-0.2, -0.15) is 0 Å². The van der Waals surface area contributed by atoms with Crippen molar-refractivity contribution in [2.24, 2.45) is 0 Å². The van der Waals surface area contributed by atoms with Crippen molar-refractivity contribution in [1.82, 2.24) is 9.88 Å². The smallest absolute Gasteiger partial charge is 0.416 e. The van der Waals surface area contributed by atoms with Gasteiger partial charge >= 0.3 is 6.09 Å². The van der Waals surface area contributed by atoms with Gasteiger partial charge in [-0.05, 0) is 72.1 Å². The van der Waals surface area contributed by atoms with Gasteiger partial charge in [0, 0.05) is 24.8 Å². The molecule has 5 nitrogen and oxygen atoms in total. The highest BCUT2D eigenvalue weighted by molar-refractivity contribution is 5.86. The minimum atomic E-state index is -0.513. The van der Waals surface area contributed by atoms with Crippen LogP contribution in [0.3, 0.4) is 0 Å². The van der Waals surface area contributed by atoms with Crippen LogP contribution in [-0.2, 0) is 4.74 Å². The summed E-state index contributed by atoms with van der Waals surface area (Å²) in [6.07, 6.45) is 7.27. The summed E-state index contributed by atoms with van der Waals surface area (Å²) >= 11 is 0. The van der Waals surface area contributed by atoms with Crippen LogP contribution < -0.4 is 4.90 Å². The summed E-state index contributed by atoms with van der Waals surface area (Å²) in [4.78, 5) is 21.5. The maximum atomic E-state index is 12.6. The second-order valence-corrected chi connectivity index (χ2v) is 8.78. The third-order valence-electron chi connectivity index (χ3n) is 4.99. The van der Waals surface area contributed by atoms with Crippen LogP contribution in [0, 0.1) is 0 Å². The number of unbranched alkanes of at least 4 members (excludes halogenated alkanes) is 1. The average molecular weight is 376 g/mol. The zero-order valence-corrected chi connectivity index (χ0v) is 18.0. The summed E-state index contributed by atoms with van der Waals surface area (Å²) in [5, 5.41) is 0. The first kappa shape index (κ1) is 21.7. The lowest BCUT2D eigenvalue weighted by molar-refractivity contribution is 0.0578. The Kier molecular flexibility index (Phi) is 7.66. The molecule has 0 aliphatic carbocycles. The van der Waals surface area contributed by atoms with Crippen LogP contribution in [0.4, 0.5) is 10.6 Å². The summed E-state index contributed by atoms with van der Waals surface area (Å²) in [7, 11) is 0. The molecule has 5 heteroatoms. The fourth-order valence-electron chi connectivity index (χ4n) is 3.62. The first-order valence-electron chi connectivity index (χ1n) is 10.4. The van der Waals surface area contributed by atoms with E-state index in [9.17, 15) is 4.79 Å². The molecule has 1 atom stereocenters. The van der Waals surface area contributed by atoms with Gasteiger partial charge in [-0.1, -0.05) is 25.8 Å². The maximum absolute atomic E-state index is 12.6. The van der Waals surface area contributed by atoms with Crippen LogP contribution in [0.5, 0.6) is 0 Å². The Hall–Kier alpha value is -1.62. The zero-order valence-electron chi connectivity index (χ0n) is 18.0. The maximum Gasteiger partial charge on any atom is 0.416 e. The molecule has 0 saturated carbocycles. The molecule has 1 aromatic heterocycles. The molecule has 2 heterocycles. The normalized spacial score (nSPS) is 18.6. The number of carbonyl (C=O) groups excluding carboxylic acids is 1. The third-order valence-corrected chi connectivity index (χ3v) is 4.99. The van der Waals surface area contributed by atoms with Crippen molar-refractivity contribution in [3.63, 3.8) is 0 Å². The number of piperidine rings is 1. The number of hydrogen-bond donors (Lipinski definition) is 0. The zero-order chi connectivity index (χ0) is 20.0. The highest BCUT2D eigenvalue weighted by atomic mass is 16.6. The van der Waals surface area contributed by atoms with E-state index in [0.29, 0.717) is 24.4 Å². The van der Waals surface area contributed by atoms with E-state index in [-0.39, 0.29) is 6.09 Å². The van der Waals surface area contributed by atoms with E-state index in [1.165, 1.54) is 24.8 Å². The molecule has 0 N–H and O–H groups in total. The summed E-state index contributed by atoms with van der Waals surface area (Å²) in [5.74, 6) is 0.674. The van der Waals surface area contributed by atoms with Crippen LogP contribution in [0.15, 0.2) is 18.3 Å². The number of rotatable bonds is 6. The number of likely N-dealkylation sites (tertiary alicyclic amines) is 1. The minimum Gasteiger partial charge on any atom is -0.443 e. The molecule has 1 aliphatic heterocycles. The van der Waals surface area contributed by atoms with Crippen LogP contribution >= 0.6 is 0 Å². The van der Waals surface area contributed by atoms with Crippen molar-refractivity contribution in [2.45, 2.75) is 91.3 Å². The van der Waals surface area contributed by atoms with Crippen molar-refractivity contribution in [3.05, 3.63) is 23.9 Å². The van der Waals surface area contributed by atoms with E-state index < -0.39 is 5.60 Å². The van der Waals surface area contributed by atoms with Gasteiger partial charge in [-0.25, -0.2) is 9.78 Å². The number of anilines is 1. The van der Waals surface area contributed by atoms with Gasteiger partial charge in [0.25, 0.3) is 0 Å². The average Bonchev–Trinajstić information content (AvgIpc) is 2.61. The monoisotopic (exact) mass is 375 g/mol. The van der Waals surface area contributed by atoms with E-state index in [2.05, 4.69) is 36.7 Å². The number of amides is 1. The molecule has 0 bridgehead atoms. The first-order valence-corrected chi connectivity index (χ1v) is 10.4. The predicted molar refractivity (Wildman–Crippen MR) is 111 cm³/mol. The van der Waals surface area contributed by atoms with Crippen molar-refractivity contribution in [3.8, 4) is 0 Å². The van der Waals surface area contributed by atoms with E-state index in [4.69, 9.17) is 4.74 Å². The molecule has 27 heavy (non-hydrogen) atoms. The molecule has 1 amide bonds. The second-order valence-electron chi connectivity index (χ2n) is 8.78. The summed E-state index contributed by atoms with van der Waals surface area (Å²) in [5.41, 5.74) is 0.730. The Labute approximate surface area is 165 Å². The molecular weight excluding hydrogens is 338 g/mol. The second kappa shape index (κ2) is 9.54. The molecule has 1 fully saturated rings. The summed E-state index contributed by atoms with van der Waals surface area (Å²) in [6.45, 7) is 14.1. The Bertz CT molecular complexity index is 593. The Morgan fingerprint density at radius 2 is 2.07 bits per heavy atom. The van der Waals surface area contributed by atoms with E-state index in [1.807, 2.05) is 33.0 Å². The van der Waals surface area contributed by atoms with E-state index in [0.717, 1.165) is 19.4 Å². The third kappa shape index (κ3) is 6.20. The predicted octanol–water partition coefficient (Wildman–Crippen LogP) is 5.56. The molecule has 1 aromatic rings. The standard InChI is InChI=1S/C22H37N3O2/c1-7-8-14-25(21(26)27-22(4,5)6)20-13-12-18(16-23-20)19-11-9-10-15-24(19)17(2)3/h12-13,16-17,19H,7-11,14-15H2,1-6H3/t19-/m1/s1. The lowest BCUT2D eigenvalue weighted by Crippen LogP contribution is -2.39. The van der Waals surface area contributed by atoms with Gasteiger partial charge < -0.3 is 4.74 Å². The fraction of sp³-hybridized carbons (Fsp3) is 0.727. The van der Waals surface area contributed by atoms with Gasteiger partial charge in [0.05, 0.1) is 0 Å². The molecule has 2 rings (SSSR count). The van der Waals surface area contributed by atoms with Gasteiger partial charge in [0.1, 0.15) is 11.4 Å². The Morgan fingerprint density at radius 3 is 2.63 bits per heavy atom. The van der Waals surface area contributed by atoms with Crippen LogP contribution in [-0.4, -0.2) is 40.7 Å². The van der Waals surface area contributed by atoms with Gasteiger partial charge in [-0.3, -0.25) is 9.80 Å². The van der Waals surface area contributed by atoms with Crippen LogP contribution in [0.2, 0.25) is 0 Å². The molecule has 1 saturated heterocycles. The van der Waals surface area contributed by atoms with Crippen molar-refractivity contribution >= 4 is 11.9 Å². The first-order chi connectivity index (χ1) is 12.7. The Morgan fingerprint density at radius 1 is 1.33 bits per heavy atom. The molecule has 0 aromatic carbocycles. The molecule has 0 radical (unpaired) electrons. The highest BCUT2D eigenvalue weighted by Crippen LogP contribution is 2.32. The lowest BCUT2D eigenvalue weighted by atomic mass is 9.95. The number of carbonyl (C=O) groups is 1. The highest BCUT2D eigenvalue weighted by Gasteiger charge is 2.27. The van der Waals surface area contributed by atoms with Crippen LogP contribution in [0.25, 0.3) is 0 Å².